The summed E-state index contributed by atoms with van der Waals surface area (Å²) in [6.07, 6.45) is -4.85. The Morgan fingerprint density at radius 3 is 2.24 bits per heavy atom. The van der Waals surface area contributed by atoms with Gasteiger partial charge in [-0.05, 0) is 48.0 Å². The van der Waals surface area contributed by atoms with E-state index in [1.807, 2.05) is 4.90 Å². The lowest BCUT2D eigenvalue weighted by Gasteiger charge is -2.55. The van der Waals surface area contributed by atoms with Crippen molar-refractivity contribution in [1.29, 1.82) is 0 Å². The number of esters is 2. The topological polar surface area (TPSA) is 59.1 Å². The number of hydrogen-bond donors (Lipinski definition) is 0. The van der Waals surface area contributed by atoms with E-state index in [2.05, 4.69) is 0 Å². The molecule has 3 aliphatic heterocycles. The summed E-state index contributed by atoms with van der Waals surface area (Å²) in [5, 5.41) is 0. The average Bonchev–Trinajstić information content (AvgIpc) is 2.76. The summed E-state index contributed by atoms with van der Waals surface area (Å²) in [7, 11) is 0. The van der Waals surface area contributed by atoms with Crippen molar-refractivity contribution in [3.05, 3.63) is 59.4 Å². The van der Waals surface area contributed by atoms with Gasteiger partial charge in [0.25, 0.3) is 5.79 Å². The van der Waals surface area contributed by atoms with Crippen LogP contribution in [0.3, 0.4) is 0 Å². The SMILES string of the molecule is CC1(C)OC(=O)C2(Cc3cc(C(F)(F)F)ccc3N3CCN(c4ccc(F)cc4)CC32)C(=O)O1. The highest BCUT2D eigenvalue weighted by molar-refractivity contribution is 6.04. The molecule has 0 radical (unpaired) electrons. The third-order valence-electron chi connectivity index (χ3n) is 6.73. The maximum atomic E-state index is 13.4. The van der Waals surface area contributed by atoms with Crippen LogP contribution in [0.1, 0.15) is 25.0 Å². The van der Waals surface area contributed by atoms with Crippen molar-refractivity contribution in [1.82, 2.24) is 0 Å². The lowest BCUT2D eigenvalue weighted by molar-refractivity contribution is -0.253. The fourth-order valence-corrected chi connectivity index (χ4v) is 5.13. The largest absolute Gasteiger partial charge is 0.422 e. The molecule has 1 spiro atoms. The van der Waals surface area contributed by atoms with Crippen LogP contribution in [-0.2, 0) is 31.7 Å². The van der Waals surface area contributed by atoms with Gasteiger partial charge in [0.1, 0.15) is 5.82 Å². The molecule has 0 aliphatic carbocycles. The van der Waals surface area contributed by atoms with E-state index >= 15 is 0 Å². The Hall–Kier alpha value is -3.30. The van der Waals surface area contributed by atoms with Crippen LogP contribution in [0.25, 0.3) is 0 Å². The van der Waals surface area contributed by atoms with Crippen molar-refractivity contribution < 1.29 is 36.6 Å². The van der Waals surface area contributed by atoms with Crippen LogP contribution in [0.15, 0.2) is 42.5 Å². The minimum absolute atomic E-state index is 0.191. The van der Waals surface area contributed by atoms with Crippen LogP contribution in [0.4, 0.5) is 28.9 Å². The van der Waals surface area contributed by atoms with E-state index in [9.17, 15) is 27.2 Å². The van der Waals surface area contributed by atoms with Gasteiger partial charge in [0.15, 0.2) is 5.41 Å². The number of carbonyl (C=O) groups is 2. The van der Waals surface area contributed by atoms with Crippen molar-refractivity contribution in [2.75, 3.05) is 29.4 Å². The van der Waals surface area contributed by atoms with Crippen molar-refractivity contribution in [2.24, 2.45) is 5.41 Å². The van der Waals surface area contributed by atoms with Gasteiger partial charge in [-0.1, -0.05) is 0 Å². The van der Waals surface area contributed by atoms with Gasteiger partial charge in [-0.3, -0.25) is 9.59 Å². The van der Waals surface area contributed by atoms with Crippen molar-refractivity contribution in [3.8, 4) is 0 Å². The van der Waals surface area contributed by atoms with Crippen LogP contribution in [-0.4, -0.2) is 43.4 Å². The fourth-order valence-electron chi connectivity index (χ4n) is 5.13. The number of fused-ring (bicyclic) bond motifs is 4. The summed E-state index contributed by atoms with van der Waals surface area (Å²) in [6, 6.07) is 8.45. The van der Waals surface area contributed by atoms with Gasteiger partial charge >= 0.3 is 18.1 Å². The Balaban J connectivity index is 1.61. The van der Waals surface area contributed by atoms with E-state index in [1.165, 1.54) is 32.0 Å². The minimum atomic E-state index is -4.57. The Morgan fingerprint density at radius 1 is 0.971 bits per heavy atom. The first-order valence-electron chi connectivity index (χ1n) is 10.8. The number of rotatable bonds is 1. The number of piperazine rings is 1. The molecule has 0 saturated carbocycles. The van der Waals surface area contributed by atoms with Crippen LogP contribution < -0.4 is 9.80 Å². The number of cyclic esters (lactones) is 2. The summed E-state index contributed by atoms with van der Waals surface area (Å²) in [5.74, 6) is -3.53. The molecule has 0 amide bonds. The summed E-state index contributed by atoms with van der Waals surface area (Å²) < 4.78 is 64.6. The van der Waals surface area contributed by atoms with E-state index in [0.717, 1.165) is 12.1 Å². The number of halogens is 4. The summed E-state index contributed by atoms with van der Waals surface area (Å²) in [6.45, 7) is 3.83. The zero-order valence-corrected chi connectivity index (χ0v) is 18.5. The van der Waals surface area contributed by atoms with E-state index in [4.69, 9.17) is 9.47 Å². The second kappa shape index (κ2) is 7.35. The Morgan fingerprint density at radius 2 is 1.62 bits per heavy atom. The van der Waals surface area contributed by atoms with E-state index in [0.29, 0.717) is 24.5 Å². The van der Waals surface area contributed by atoms with Gasteiger partial charge in [0.2, 0.25) is 0 Å². The molecule has 10 heteroatoms. The minimum Gasteiger partial charge on any atom is -0.422 e. The Bertz CT molecular complexity index is 1140. The van der Waals surface area contributed by atoms with Gasteiger partial charge in [-0.15, -0.1) is 0 Å². The number of benzene rings is 2. The molecule has 1 unspecified atom stereocenters. The molecule has 3 heterocycles. The average molecular weight is 478 g/mol. The highest BCUT2D eigenvalue weighted by atomic mass is 19.4. The summed E-state index contributed by atoms with van der Waals surface area (Å²) in [5.41, 5.74) is -1.23. The van der Waals surface area contributed by atoms with Crippen LogP contribution in [0.2, 0.25) is 0 Å². The molecule has 2 saturated heterocycles. The second-order valence-corrected chi connectivity index (χ2v) is 9.30. The molecule has 0 N–H and O–H groups in total. The number of carbonyl (C=O) groups excluding carboxylic acids is 2. The zero-order chi connectivity index (χ0) is 24.5. The number of anilines is 2. The lowest BCUT2D eigenvalue weighted by atomic mass is 9.69. The number of alkyl halides is 3. The van der Waals surface area contributed by atoms with Crippen molar-refractivity contribution >= 4 is 23.3 Å². The van der Waals surface area contributed by atoms with Crippen molar-refractivity contribution in [2.45, 2.75) is 38.3 Å². The predicted octanol–water partition coefficient (Wildman–Crippen LogP) is 3.92. The highest BCUT2D eigenvalue weighted by Gasteiger charge is 2.65. The smallest absolute Gasteiger partial charge is 0.416 e. The van der Waals surface area contributed by atoms with Crippen LogP contribution in [0, 0.1) is 11.2 Å². The first kappa shape index (κ1) is 22.5. The number of hydrogen-bond acceptors (Lipinski definition) is 6. The molecule has 1 atom stereocenters. The third kappa shape index (κ3) is 3.47. The lowest BCUT2D eigenvalue weighted by Crippen LogP contribution is -2.71. The van der Waals surface area contributed by atoms with E-state index in [1.54, 1.807) is 17.0 Å². The van der Waals surface area contributed by atoms with Gasteiger partial charge in [-0.2, -0.15) is 13.2 Å². The van der Waals surface area contributed by atoms with Crippen LogP contribution in [0.5, 0.6) is 0 Å². The van der Waals surface area contributed by atoms with Gasteiger partial charge in [0, 0.05) is 51.3 Å². The zero-order valence-electron chi connectivity index (χ0n) is 18.5. The molecular formula is C24H22F4N2O4. The first-order valence-corrected chi connectivity index (χ1v) is 10.8. The molecule has 2 aromatic rings. The number of ether oxygens (including phenoxy) is 2. The quantitative estimate of drug-likeness (QED) is 0.352. The normalized spacial score (nSPS) is 23.2. The Labute approximate surface area is 193 Å². The predicted molar refractivity (Wildman–Crippen MR) is 114 cm³/mol. The van der Waals surface area contributed by atoms with Gasteiger partial charge in [0.05, 0.1) is 11.6 Å². The molecule has 0 bridgehead atoms. The molecule has 6 nitrogen and oxygen atoms in total. The molecule has 180 valence electrons. The van der Waals surface area contributed by atoms with Gasteiger partial charge < -0.3 is 19.3 Å². The number of nitrogens with zero attached hydrogens (tertiary/aromatic N) is 2. The molecule has 3 aliphatic rings. The standard InChI is InChI=1S/C24H22F4N2O4/c1-22(2)33-20(31)23(21(32)34-22)12-14-11-15(24(26,27)28)3-8-18(14)30-10-9-29(13-19(23)30)17-6-4-16(25)5-7-17/h3-8,11,19H,9-10,12-13H2,1-2H3. The second-order valence-electron chi connectivity index (χ2n) is 9.30. The molecule has 2 aromatic carbocycles. The maximum Gasteiger partial charge on any atom is 0.416 e. The van der Waals surface area contributed by atoms with E-state index < -0.39 is 46.7 Å². The highest BCUT2D eigenvalue weighted by Crippen LogP contribution is 2.49. The third-order valence-corrected chi connectivity index (χ3v) is 6.73. The monoisotopic (exact) mass is 478 g/mol. The van der Waals surface area contributed by atoms with Crippen molar-refractivity contribution in [3.63, 3.8) is 0 Å². The molecule has 0 aromatic heterocycles. The molecule has 5 rings (SSSR count). The van der Waals surface area contributed by atoms with E-state index in [-0.39, 0.29) is 18.5 Å². The van der Waals surface area contributed by atoms with Crippen LogP contribution >= 0.6 is 0 Å². The fraction of sp³-hybridized carbons (Fsp3) is 0.417. The first-order chi connectivity index (χ1) is 15.9. The Kier molecular flexibility index (Phi) is 4.86. The molecule has 34 heavy (non-hydrogen) atoms. The molecular weight excluding hydrogens is 456 g/mol. The molecule has 2 fully saturated rings. The maximum absolute atomic E-state index is 13.4. The summed E-state index contributed by atoms with van der Waals surface area (Å²) >= 11 is 0. The van der Waals surface area contributed by atoms with Gasteiger partial charge in [-0.25, -0.2) is 4.39 Å². The summed E-state index contributed by atoms with van der Waals surface area (Å²) in [4.78, 5) is 30.5.